The Morgan fingerprint density at radius 3 is 2.06 bits per heavy atom. The Morgan fingerprint density at radius 1 is 1.17 bits per heavy atom. The molecule has 104 valence electrons. The molecule has 1 heterocycles. The predicted octanol–water partition coefficient (Wildman–Crippen LogP) is 3.51. The van der Waals surface area contributed by atoms with Gasteiger partial charge in [0.15, 0.2) is 0 Å². The van der Waals surface area contributed by atoms with E-state index in [-0.39, 0.29) is 16.9 Å². The summed E-state index contributed by atoms with van der Waals surface area (Å²) in [7, 11) is 0. The van der Waals surface area contributed by atoms with E-state index < -0.39 is 5.97 Å². The first kappa shape index (κ1) is 15.1. The zero-order chi connectivity index (χ0) is 14.1. The Bertz CT molecular complexity index is 328. The first-order valence-electron chi connectivity index (χ1n) is 6.75. The van der Waals surface area contributed by atoms with Crippen molar-refractivity contribution in [3.63, 3.8) is 0 Å². The SMILES string of the molecule is CC(C)(C)C(=CN1CCC[C@H]1C(=O)O)C(C)(C)C. The van der Waals surface area contributed by atoms with E-state index in [2.05, 4.69) is 47.7 Å². The highest BCUT2D eigenvalue weighted by Gasteiger charge is 2.33. The summed E-state index contributed by atoms with van der Waals surface area (Å²) < 4.78 is 0. The van der Waals surface area contributed by atoms with Crippen LogP contribution in [0.3, 0.4) is 0 Å². The van der Waals surface area contributed by atoms with Crippen molar-refractivity contribution in [1.29, 1.82) is 0 Å². The maximum atomic E-state index is 11.2. The Balaban J connectivity index is 3.06. The lowest BCUT2D eigenvalue weighted by Gasteiger charge is -2.36. The van der Waals surface area contributed by atoms with Gasteiger partial charge >= 0.3 is 5.97 Å². The van der Waals surface area contributed by atoms with E-state index in [1.54, 1.807) is 0 Å². The molecule has 1 aliphatic rings. The fourth-order valence-electron chi connectivity index (χ4n) is 2.89. The number of rotatable bonds is 2. The number of aliphatic carboxylic acids is 1. The molecule has 1 fully saturated rings. The monoisotopic (exact) mass is 253 g/mol. The van der Waals surface area contributed by atoms with Crippen LogP contribution in [-0.2, 0) is 4.79 Å². The van der Waals surface area contributed by atoms with Gasteiger partial charge in [-0.05, 0) is 29.2 Å². The highest BCUT2D eigenvalue weighted by molar-refractivity contribution is 5.74. The molecule has 0 saturated carbocycles. The van der Waals surface area contributed by atoms with Gasteiger partial charge in [-0.3, -0.25) is 0 Å². The van der Waals surface area contributed by atoms with Crippen LogP contribution in [-0.4, -0.2) is 28.6 Å². The molecular formula is C15H27NO2. The molecule has 1 saturated heterocycles. The first-order chi connectivity index (χ1) is 8.03. The van der Waals surface area contributed by atoms with Crippen LogP contribution < -0.4 is 0 Å². The Hall–Kier alpha value is -0.990. The van der Waals surface area contributed by atoms with Gasteiger partial charge in [0.1, 0.15) is 6.04 Å². The van der Waals surface area contributed by atoms with E-state index >= 15 is 0 Å². The van der Waals surface area contributed by atoms with Crippen molar-refractivity contribution in [2.45, 2.75) is 60.4 Å². The second-order valence-corrected chi connectivity index (χ2v) is 7.28. The van der Waals surface area contributed by atoms with Gasteiger partial charge in [0.2, 0.25) is 0 Å². The topological polar surface area (TPSA) is 40.5 Å². The average molecular weight is 253 g/mol. The molecule has 0 aromatic heterocycles. The molecule has 0 bridgehead atoms. The zero-order valence-electron chi connectivity index (χ0n) is 12.6. The summed E-state index contributed by atoms with van der Waals surface area (Å²) in [5.74, 6) is -0.703. The Labute approximate surface area is 111 Å². The Morgan fingerprint density at radius 2 is 1.67 bits per heavy atom. The zero-order valence-corrected chi connectivity index (χ0v) is 12.6. The lowest BCUT2D eigenvalue weighted by molar-refractivity contribution is -0.141. The fourth-order valence-corrected chi connectivity index (χ4v) is 2.89. The van der Waals surface area contributed by atoms with E-state index in [0.717, 1.165) is 19.4 Å². The minimum atomic E-state index is -0.703. The number of carboxylic acid groups (broad SMARTS) is 1. The largest absolute Gasteiger partial charge is 0.480 e. The highest BCUT2D eigenvalue weighted by Crippen LogP contribution is 2.40. The molecule has 0 amide bonds. The van der Waals surface area contributed by atoms with E-state index in [1.807, 2.05) is 4.90 Å². The van der Waals surface area contributed by atoms with Gasteiger partial charge in [0, 0.05) is 12.7 Å². The lowest BCUT2D eigenvalue weighted by atomic mass is 9.72. The second-order valence-electron chi connectivity index (χ2n) is 7.28. The molecule has 0 spiro atoms. The molecular weight excluding hydrogens is 226 g/mol. The van der Waals surface area contributed by atoms with E-state index in [9.17, 15) is 9.90 Å². The molecule has 0 radical (unpaired) electrons. The van der Waals surface area contributed by atoms with Crippen molar-refractivity contribution < 1.29 is 9.90 Å². The quantitative estimate of drug-likeness (QED) is 0.818. The third kappa shape index (κ3) is 3.50. The number of carbonyl (C=O) groups is 1. The van der Waals surface area contributed by atoms with Gasteiger partial charge in [0.05, 0.1) is 0 Å². The summed E-state index contributed by atoms with van der Waals surface area (Å²) >= 11 is 0. The van der Waals surface area contributed by atoms with Crippen LogP contribution in [0.5, 0.6) is 0 Å². The third-order valence-electron chi connectivity index (χ3n) is 3.49. The third-order valence-corrected chi connectivity index (χ3v) is 3.49. The minimum Gasteiger partial charge on any atom is -0.480 e. The van der Waals surface area contributed by atoms with Crippen LogP contribution in [0.15, 0.2) is 11.8 Å². The van der Waals surface area contributed by atoms with Gasteiger partial charge in [-0.2, -0.15) is 0 Å². The number of likely N-dealkylation sites (tertiary alicyclic amines) is 1. The molecule has 1 rings (SSSR count). The number of carboxylic acids is 1. The maximum Gasteiger partial charge on any atom is 0.326 e. The van der Waals surface area contributed by atoms with Crippen LogP contribution in [0.25, 0.3) is 0 Å². The van der Waals surface area contributed by atoms with Gasteiger partial charge < -0.3 is 10.0 Å². The molecule has 3 heteroatoms. The van der Waals surface area contributed by atoms with Crippen LogP contribution in [0.2, 0.25) is 0 Å². The second kappa shape index (κ2) is 4.94. The van der Waals surface area contributed by atoms with E-state index in [0.29, 0.717) is 0 Å². The van der Waals surface area contributed by atoms with Gasteiger partial charge in [-0.1, -0.05) is 41.5 Å². The predicted molar refractivity (Wildman–Crippen MR) is 74.4 cm³/mol. The molecule has 0 aliphatic carbocycles. The Kier molecular flexibility index (Phi) is 4.14. The molecule has 1 N–H and O–H groups in total. The van der Waals surface area contributed by atoms with E-state index in [4.69, 9.17) is 0 Å². The van der Waals surface area contributed by atoms with Crippen LogP contribution >= 0.6 is 0 Å². The standard InChI is InChI=1S/C15H27NO2/c1-14(2,3)12(15(4,5)6)10-16-9-7-8-11(16)13(17)18/h10-11H,7-9H2,1-6H3,(H,17,18)/t11-/m0/s1. The summed E-state index contributed by atoms with van der Waals surface area (Å²) in [5, 5.41) is 9.23. The lowest BCUT2D eigenvalue weighted by Crippen LogP contribution is -2.34. The molecule has 3 nitrogen and oxygen atoms in total. The molecule has 1 atom stereocenters. The molecule has 0 aromatic carbocycles. The minimum absolute atomic E-state index is 0.0594. The van der Waals surface area contributed by atoms with Crippen molar-refractivity contribution in [2.75, 3.05) is 6.54 Å². The van der Waals surface area contributed by atoms with Crippen molar-refractivity contribution in [1.82, 2.24) is 4.90 Å². The van der Waals surface area contributed by atoms with Crippen LogP contribution in [0, 0.1) is 10.8 Å². The highest BCUT2D eigenvalue weighted by atomic mass is 16.4. The van der Waals surface area contributed by atoms with Crippen molar-refractivity contribution in [3.05, 3.63) is 11.8 Å². The van der Waals surface area contributed by atoms with Crippen LogP contribution in [0.4, 0.5) is 0 Å². The molecule has 0 unspecified atom stereocenters. The van der Waals surface area contributed by atoms with E-state index in [1.165, 1.54) is 5.57 Å². The van der Waals surface area contributed by atoms with Gasteiger partial charge in [-0.15, -0.1) is 0 Å². The number of nitrogens with zero attached hydrogens (tertiary/aromatic N) is 1. The fraction of sp³-hybridized carbons (Fsp3) is 0.800. The smallest absolute Gasteiger partial charge is 0.326 e. The molecule has 1 aliphatic heterocycles. The summed E-state index contributed by atoms with van der Waals surface area (Å²) in [4.78, 5) is 13.2. The van der Waals surface area contributed by atoms with Crippen molar-refractivity contribution in [2.24, 2.45) is 10.8 Å². The van der Waals surface area contributed by atoms with Crippen LogP contribution in [0.1, 0.15) is 54.4 Å². The van der Waals surface area contributed by atoms with Crippen molar-refractivity contribution in [3.8, 4) is 0 Å². The molecule has 18 heavy (non-hydrogen) atoms. The van der Waals surface area contributed by atoms with Gasteiger partial charge in [-0.25, -0.2) is 4.79 Å². The summed E-state index contributed by atoms with van der Waals surface area (Å²) in [6.07, 6.45) is 3.83. The number of hydrogen-bond donors (Lipinski definition) is 1. The molecule has 0 aromatic rings. The number of allylic oxidation sites excluding steroid dienone is 1. The summed E-state index contributed by atoms with van der Waals surface area (Å²) in [6.45, 7) is 14.0. The summed E-state index contributed by atoms with van der Waals surface area (Å²) in [6, 6.07) is -0.343. The first-order valence-corrected chi connectivity index (χ1v) is 6.75. The normalized spacial score (nSPS) is 21.0. The van der Waals surface area contributed by atoms with Crippen molar-refractivity contribution >= 4 is 5.97 Å². The van der Waals surface area contributed by atoms with Gasteiger partial charge in [0.25, 0.3) is 0 Å². The number of hydrogen-bond acceptors (Lipinski definition) is 2. The maximum absolute atomic E-state index is 11.2. The summed E-state index contributed by atoms with van der Waals surface area (Å²) in [5.41, 5.74) is 1.43. The average Bonchev–Trinajstić information content (AvgIpc) is 2.57.